The Balaban J connectivity index is 1.51. The number of hydrogen-bond donors (Lipinski definition) is 1. The molecule has 0 aliphatic carbocycles. The normalized spacial score (nSPS) is 19.0. The lowest BCUT2D eigenvalue weighted by Crippen LogP contribution is -2.45. The number of aromatic nitrogens is 2. The summed E-state index contributed by atoms with van der Waals surface area (Å²) in [6.45, 7) is 7.28. The highest BCUT2D eigenvalue weighted by Gasteiger charge is 2.24. The molecule has 1 fully saturated rings. The van der Waals surface area contributed by atoms with E-state index in [1.165, 1.54) is 12.1 Å². The molecule has 0 radical (unpaired) electrons. The maximum absolute atomic E-state index is 13.2. The van der Waals surface area contributed by atoms with Crippen LogP contribution in [0.5, 0.6) is 0 Å². The molecule has 30 heavy (non-hydrogen) atoms. The number of morpholine rings is 1. The van der Waals surface area contributed by atoms with E-state index in [1.54, 1.807) is 25.3 Å². The molecule has 0 saturated carbocycles. The number of halogens is 1. The number of pyridine rings is 1. The fraction of sp³-hybridized carbons (Fsp3) is 0.318. The van der Waals surface area contributed by atoms with Gasteiger partial charge in [0, 0.05) is 18.7 Å². The van der Waals surface area contributed by atoms with Crippen molar-refractivity contribution in [3.05, 3.63) is 59.7 Å². The van der Waals surface area contributed by atoms with Crippen molar-refractivity contribution in [2.75, 3.05) is 23.3 Å². The second kappa shape index (κ2) is 8.23. The minimum Gasteiger partial charge on any atom is -0.372 e. The third-order valence-corrected chi connectivity index (χ3v) is 4.96. The number of hydrogen-bond acceptors (Lipinski definition) is 6. The number of rotatable bonds is 4. The molecule has 3 heterocycles. The SMILES string of the molecule is Cc1onc(-c2ccc(F)cc2)c1C(=O)Nc1ccc(N2CC(C)OC(C)C2)nc1. The molecule has 0 bridgehead atoms. The molecule has 8 heteroatoms. The topological polar surface area (TPSA) is 80.5 Å². The van der Waals surface area contributed by atoms with Crippen molar-refractivity contribution < 1.29 is 18.4 Å². The van der Waals surface area contributed by atoms with Gasteiger partial charge in [0.25, 0.3) is 5.91 Å². The summed E-state index contributed by atoms with van der Waals surface area (Å²) in [5.41, 5.74) is 1.83. The molecule has 4 rings (SSSR count). The van der Waals surface area contributed by atoms with E-state index in [0.29, 0.717) is 28.3 Å². The molecule has 0 spiro atoms. The second-order valence-electron chi connectivity index (χ2n) is 7.49. The van der Waals surface area contributed by atoms with Crippen molar-refractivity contribution in [1.82, 2.24) is 10.1 Å². The van der Waals surface area contributed by atoms with E-state index in [1.807, 2.05) is 26.0 Å². The first kappa shape index (κ1) is 20.0. The van der Waals surface area contributed by atoms with Crippen LogP contribution in [-0.2, 0) is 4.74 Å². The lowest BCUT2D eigenvalue weighted by molar-refractivity contribution is -0.00545. The summed E-state index contributed by atoms with van der Waals surface area (Å²) in [5.74, 6) is 0.493. The molecule has 1 amide bonds. The first-order valence-electron chi connectivity index (χ1n) is 9.80. The van der Waals surface area contributed by atoms with Gasteiger partial charge in [-0.3, -0.25) is 4.79 Å². The van der Waals surface area contributed by atoms with Gasteiger partial charge in [0.1, 0.15) is 28.7 Å². The Labute approximate surface area is 173 Å². The van der Waals surface area contributed by atoms with E-state index >= 15 is 0 Å². The van der Waals surface area contributed by atoms with Crippen LogP contribution < -0.4 is 10.2 Å². The standard InChI is InChI=1S/C22H23FN4O3/c1-13-11-27(12-14(2)29-13)19-9-8-18(10-24-19)25-22(28)20-15(3)30-26-21(20)16-4-6-17(23)7-5-16/h4-10,13-14H,11-12H2,1-3H3,(H,25,28). The van der Waals surface area contributed by atoms with Crippen LogP contribution in [0.15, 0.2) is 47.1 Å². The van der Waals surface area contributed by atoms with Gasteiger partial charge in [-0.15, -0.1) is 0 Å². The first-order chi connectivity index (χ1) is 14.4. The van der Waals surface area contributed by atoms with Crippen LogP contribution in [0.4, 0.5) is 15.9 Å². The van der Waals surface area contributed by atoms with Crippen LogP contribution in [-0.4, -0.2) is 41.3 Å². The molecule has 2 atom stereocenters. The molecule has 1 aliphatic rings. The maximum Gasteiger partial charge on any atom is 0.261 e. The van der Waals surface area contributed by atoms with Crippen LogP contribution in [0, 0.1) is 12.7 Å². The van der Waals surface area contributed by atoms with Crippen LogP contribution in [0.2, 0.25) is 0 Å². The van der Waals surface area contributed by atoms with Gasteiger partial charge < -0.3 is 19.5 Å². The van der Waals surface area contributed by atoms with Crippen LogP contribution in [0.25, 0.3) is 11.3 Å². The Morgan fingerprint density at radius 2 is 1.83 bits per heavy atom. The Bertz CT molecular complexity index is 1020. The second-order valence-corrected chi connectivity index (χ2v) is 7.49. The highest BCUT2D eigenvalue weighted by Crippen LogP contribution is 2.27. The molecular formula is C22H23FN4O3. The number of anilines is 2. The molecule has 1 aliphatic heterocycles. The Morgan fingerprint density at radius 3 is 2.47 bits per heavy atom. The van der Waals surface area contributed by atoms with Crippen LogP contribution in [0.1, 0.15) is 30.0 Å². The number of nitrogens with one attached hydrogen (secondary N) is 1. The summed E-state index contributed by atoms with van der Waals surface area (Å²) in [5, 5.41) is 6.81. The van der Waals surface area contributed by atoms with Crippen molar-refractivity contribution in [2.45, 2.75) is 33.0 Å². The number of nitrogens with zero attached hydrogens (tertiary/aromatic N) is 3. The van der Waals surface area contributed by atoms with Gasteiger partial charge in [-0.1, -0.05) is 5.16 Å². The molecule has 1 aromatic carbocycles. The van der Waals surface area contributed by atoms with Crippen molar-refractivity contribution in [2.24, 2.45) is 0 Å². The van der Waals surface area contributed by atoms with E-state index in [2.05, 4.69) is 20.4 Å². The summed E-state index contributed by atoms with van der Waals surface area (Å²) in [7, 11) is 0. The van der Waals surface area contributed by atoms with E-state index in [9.17, 15) is 9.18 Å². The molecule has 2 unspecified atom stereocenters. The zero-order valence-electron chi connectivity index (χ0n) is 17.1. The molecule has 1 N–H and O–H groups in total. The third-order valence-electron chi connectivity index (χ3n) is 4.96. The highest BCUT2D eigenvalue weighted by molar-refractivity contribution is 6.08. The monoisotopic (exact) mass is 410 g/mol. The van der Waals surface area contributed by atoms with Gasteiger partial charge in [0.05, 0.1) is 24.1 Å². The van der Waals surface area contributed by atoms with E-state index in [4.69, 9.17) is 9.26 Å². The number of carbonyl (C=O) groups is 1. The van der Waals surface area contributed by atoms with Crippen molar-refractivity contribution in [1.29, 1.82) is 0 Å². The summed E-state index contributed by atoms with van der Waals surface area (Å²) < 4.78 is 24.2. The number of carbonyl (C=O) groups excluding carboxylic acids is 1. The summed E-state index contributed by atoms with van der Waals surface area (Å²) in [4.78, 5) is 19.6. The summed E-state index contributed by atoms with van der Waals surface area (Å²) in [6, 6.07) is 9.44. The smallest absolute Gasteiger partial charge is 0.261 e. The number of amides is 1. The Hall–Kier alpha value is -3.26. The third kappa shape index (κ3) is 4.18. The fourth-order valence-corrected chi connectivity index (χ4v) is 3.65. The molecule has 3 aromatic rings. The predicted octanol–water partition coefficient (Wildman–Crippen LogP) is 4.05. The van der Waals surface area contributed by atoms with Gasteiger partial charge in [-0.2, -0.15) is 0 Å². The van der Waals surface area contributed by atoms with Crippen LogP contribution in [0.3, 0.4) is 0 Å². The largest absolute Gasteiger partial charge is 0.372 e. The van der Waals surface area contributed by atoms with E-state index in [-0.39, 0.29) is 23.9 Å². The van der Waals surface area contributed by atoms with Gasteiger partial charge in [0.2, 0.25) is 0 Å². The van der Waals surface area contributed by atoms with Crippen molar-refractivity contribution in [3.63, 3.8) is 0 Å². The van der Waals surface area contributed by atoms with E-state index in [0.717, 1.165) is 18.9 Å². The molecule has 2 aromatic heterocycles. The summed E-state index contributed by atoms with van der Waals surface area (Å²) >= 11 is 0. The van der Waals surface area contributed by atoms with Gasteiger partial charge in [0.15, 0.2) is 0 Å². The fourth-order valence-electron chi connectivity index (χ4n) is 3.65. The van der Waals surface area contributed by atoms with E-state index < -0.39 is 0 Å². The minimum absolute atomic E-state index is 0.136. The van der Waals surface area contributed by atoms with Gasteiger partial charge in [-0.05, 0) is 57.2 Å². The van der Waals surface area contributed by atoms with Crippen LogP contribution >= 0.6 is 0 Å². The predicted molar refractivity (Wildman–Crippen MR) is 111 cm³/mol. The highest BCUT2D eigenvalue weighted by atomic mass is 19.1. The molecule has 1 saturated heterocycles. The van der Waals surface area contributed by atoms with Crippen molar-refractivity contribution in [3.8, 4) is 11.3 Å². The van der Waals surface area contributed by atoms with Crippen molar-refractivity contribution >= 4 is 17.4 Å². The van der Waals surface area contributed by atoms with Gasteiger partial charge in [-0.25, -0.2) is 9.37 Å². The minimum atomic E-state index is -0.365. The molecule has 7 nitrogen and oxygen atoms in total. The first-order valence-corrected chi connectivity index (χ1v) is 9.80. The molecule has 156 valence electrons. The Morgan fingerprint density at radius 1 is 1.13 bits per heavy atom. The average molecular weight is 410 g/mol. The molecular weight excluding hydrogens is 387 g/mol. The zero-order chi connectivity index (χ0) is 21.3. The average Bonchev–Trinajstić information content (AvgIpc) is 3.10. The summed E-state index contributed by atoms with van der Waals surface area (Å²) in [6.07, 6.45) is 1.89. The van der Waals surface area contributed by atoms with Gasteiger partial charge >= 0.3 is 0 Å². The Kier molecular flexibility index (Phi) is 5.50. The number of ether oxygens (including phenoxy) is 1. The lowest BCUT2D eigenvalue weighted by Gasteiger charge is -2.36. The maximum atomic E-state index is 13.2. The number of aryl methyl sites for hydroxylation is 1. The number of benzene rings is 1. The lowest BCUT2D eigenvalue weighted by atomic mass is 10.1. The quantitative estimate of drug-likeness (QED) is 0.699. The zero-order valence-corrected chi connectivity index (χ0v) is 17.1.